The lowest BCUT2D eigenvalue weighted by atomic mass is 10.0. The molecule has 166 valence electrons. The van der Waals surface area contributed by atoms with Crippen molar-refractivity contribution in [3.8, 4) is 0 Å². The van der Waals surface area contributed by atoms with Crippen LogP contribution in [0, 0.1) is 0 Å². The predicted octanol–water partition coefficient (Wildman–Crippen LogP) is 1.45. The molecule has 31 heavy (non-hydrogen) atoms. The average Bonchev–Trinajstić information content (AvgIpc) is 3.26. The van der Waals surface area contributed by atoms with Crippen LogP contribution in [0.4, 0.5) is 0 Å². The molecule has 0 aliphatic carbocycles. The van der Waals surface area contributed by atoms with Gasteiger partial charge in [0.15, 0.2) is 5.82 Å². The Morgan fingerprint density at radius 1 is 1.16 bits per heavy atom. The number of ether oxygens (including phenoxy) is 1. The van der Waals surface area contributed by atoms with Crippen molar-refractivity contribution >= 4 is 10.9 Å². The van der Waals surface area contributed by atoms with Crippen LogP contribution in [0.5, 0.6) is 0 Å². The molecule has 0 unspecified atom stereocenters. The van der Waals surface area contributed by atoms with E-state index < -0.39 is 0 Å². The number of H-pyrrole nitrogens is 1. The zero-order valence-corrected chi connectivity index (χ0v) is 18.5. The molecule has 3 aromatic rings. The van der Waals surface area contributed by atoms with Gasteiger partial charge < -0.3 is 14.6 Å². The number of aryl methyl sites for hydroxylation is 1. The summed E-state index contributed by atoms with van der Waals surface area (Å²) in [6.45, 7) is 9.99. The molecule has 3 heterocycles. The second-order valence-electron chi connectivity index (χ2n) is 7.95. The second-order valence-corrected chi connectivity index (χ2v) is 7.95. The zero-order chi connectivity index (χ0) is 21.8. The monoisotopic (exact) mass is 425 g/mol. The minimum Gasteiger partial charge on any atom is -0.383 e. The van der Waals surface area contributed by atoms with Crippen molar-refractivity contribution in [2.75, 3.05) is 46.4 Å². The first-order valence-corrected chi connectivity index (χ1v) is 11.0. The molecule has 4 rings (SSSR count). The molecule has 1 aliphatic heterocycles. The van der Waals surface area contributed by atoms with Crippen LogP contribution >= 0.6 is 0 Å². The van der Waals surface area contributed by atoms with Crippen LogP contribution in [0.2, 0.25) is 0 Å². The lowest BCUT2D eigenvalue weighted by Gasteiger charge is -2.38. The Balaban J connectivity index is 1.80. The summed E-state index contributed by atoms with van der Waals surface area (Å²) in [6.07, 6.45) is 0.946. The molecule has 1 saturated heterocycles. The Morgan fingerprint density at radius 3 is 2.68 bits per heavy atom. The summed E-state index contributed by atoms with van der Waals surface area (Å²) in [4.78, 5) is 21.0. The number of aromatic nitrogens is 5. The molecule has 1 atom stereocenters. The lowest BCUT2D eigenvalue weighted by Crippen LogP contribution is -2.49. The van der Waals surface area contributed by atoms with Gasteiger partial charge in [0.2, 0.25) is 0 Å². The highest BCUT2D eigenvalue weighted by molar-refractivity contribution is 5.80. The molecule has 9 heteroatoms. The summed E-state index contributed by atoms with van der Waals surface area (Å²) < 4.78 is 6.99. The first-order chi connectivity index (χ1) is 15.1. The Labute approximate surface area is 182 Å². The number of likely N-dealkylation sites (N-methyl/N-ethyl adjacent to an activating group) is 1. The van der Waals surface area contributed by atoms with E-state index >= 15 is 0 Å². The Bertz CT molecular complexity index is 1070. The van der Waals surface area contributed by atoms with E-state index in [0.29, 0.717) is 24.5 Å². The van der Waals surface area contributed by atoms with Crippen LogP contribution in [-0.4, -0.2) is 81.4 Å². The van der Waals surface area contributed by atoms with E-state index in [9.17, 15) is 4.79 Å². The fraction of sp³-hybridized carbons (Fsp3) is 0.545. The van der Waals surface area contributed by atoms with Gasteiger partial charge in [-0.1, -0.05) is 19.9 Å². The number of nitrogens with one attached hydrogen (secondary N) is 1. The van der Waals surface area contributed by atoms with Crippen molar-refractivity contribution in [1.29, 1.82) is 0 Å². The lowest BCUT2D eigenvalue weighted by molar-refractivity contribution is 0.106. The third-order valence-electron chi connectivity index (χ3n) is 6.17. The summed E-state index contributed by atoms with van der Waals surface area (Å²) in [5, 5.41) is 13.5. The summed E-state index contributed by atoms with van der Waals surface area (Å²) in [5.41, 5.74) is 2.67. The number of tetrazole rings is 1. The normalized spacial score (nSPS) is 16.7. The molecular weight excluding hydrogens is 394 g/mol. The molecule has 9 nitrogen and oxygen atoms in total. The van der Waals surface area contributed by atoms with Crippen molar-refractivity contribution < 1.29 is 4.74 Å². The van der Waals surface area contributed by atoms with E-state index in [2.05, 4.69) is 56.3 Å². The fourth-order valence-electron chi connectivity index (χ4n) is 4.28. The maximum Gasteiger partial charge on any atom is 0.253 e. The van der Waals surface area contributed by atoms with Gasteiger partial charge in [-0.05, 0) is 52.5 Å². The van der Waals surface area contributed by atoms with E-state index in [1.165, 1.54) is 5.56 Å². The molecule has 1 aromatic carbocycles. The third kappa shape index (κ3) is 4.53. The fourth-order valence-corrected chi connectivity index (χ4v) is 4.28. The van der Waals surface area contributed by atoms with E-state index in [-0.39, 0.29) is 11.6 Å². The van der Waals surface area contributed by atoms with Crippen LogP contribution in [0.15, 0.2) is 29.1 Å². The third-order valence-corrected chi connectivity index (χ3v) is 6.17. The number of aromatic amines is 1. The molecule has 2 aromatic heterocycles. The van der Waals surface area contributed by atoms with E-state index in [4.69, 9.17) is 4.74 Å². The Hall–Kier alpha value is -2.62. The molecule has 0 bridgehead atoms. The first kappa shape index (κ1) is 21.6. The molecule has 0 saturated carbocycles. The van der Waals surface area contributed by atoms with Gasteiger partial charge >= 0.3 is 0 Å². The van der Waals surface area contributed by atoms with Crippen LogP contribution < -0.4 is 5.56 Å². The highest BCUT2D eigenvalue weighted by Crippen LogP contribution is 2.28. The predicted molar refractivity (Wildman–Crippen MR) is 119 cm³/mol. The zero-order valence-electron chi connectivity index (χ0n) is 18.5. The minimum atomic E-state index is -0.315. The number of methoxy groups -OCH3 is 1. The number of piperazine rings is 1. The number of rotatable bonds is 8. The topological polar surface area (TPSA) is 92.2 Å². The van der Waals surface area contributed by atoms with Crippen molar-refractivity contribution in [2.45, 2.75) is 32.9 Å². The van der Waals surface area contributed by atoms with Crippen LogP contribution in [0.1, 0.15) is 36.8 Å². The number of pyridine rings is 1. The molecule has 1 aliphatic rings. The van der Waals surface area contributed by atoms with E-state index in [0.717, 1.165) is 50.0 Å². The van der Waals surface area contributed by atoms with Crippen molar-refractivity contribution in [3.05, 3.63) is 51.6 Å². The minimum absolute atomic E-state index is 0.0963. The molecular formula is C22H31N7O2. The van der Waals surface area contributed by atoms with E-state index in [1.807, 2.05) is 12.1 Å². The highest BCUT2D eigenvalue weighted by atomic mass is 16.5. The summed E-state index contributed by atoms with van der Waals surface area (Å²) >= 11 is 0. The maximum absolute atomic E-state index is 13.2. The maximum atomic E-state index is 13.2. The summed E-state index contributed by atoms with van der Waals surface area (Å²) in [5.74, 6) is 0.679. The molecule has 0 spiro atoms. The van der Waals surface area contributed by atoms with Gasteiger partial charge in [-0.2, -0.15) is 0 Å². The second kappa shape index (κ2) is 9.67. The van der Waals surface area contributed by atoms with Gasteiger partial charge in [0.05, 0.1) is 13.2 Å². The van der Waals surface area contributed by atoms with Crippen molar-refractivity contribution in [2.24, 2.45) is 0 Å². The average molecular weight is 426 g/mol. The van der Waals surface area contributed by atoms with Gasteiger partial charge in [0.25, 0.3) is 5.56 Å². The number of hydrogen-bond donors (Lipinski definition) is 1. The molecule has 0 radical (unpaired) electrons. The summed E-state index contributed by atoms with van der Waals surface area (Å²) in [7, 11) is 1.66. The Morgan fingerprint density at radius 2 is 1.97 bits per heavy atom. The molecule has 0 amide bonds. The van der Waals surface area contributed by atoms with Gasteiger partial charge in [-0.15, -0.1) is 5.10 Å². The number of nitrogens with zero attached hydrogens (tertiary/aromatic N) is 6. The number of hydrogen-bond acceptors (Lipinski definition) is 7. The quantitative estimate of drug-likeness (QED) is 0.584. The number of benzene rings is 1. The molecule has 1 fully saturated rings. The van der Waals surface area contributed by atoms with Gasteiger partial charge in [0.1, 0.15) is 6.04 Å². The van der Waals surface area contributed by atoms with Crippen molar-refractivity contribution in [3.63, 3.8) is 0 Å². The van der Waals surface area contributed by atoms with Crippen LogP contribution in [0.25, 0.3) is 10.9 Å². The molecule has 1 N–H and O–H groups in total. The van der Waals surface area contributed by atoms with Crippen molar-refractivity contribution in [1.82, 2.24) is 35.0 Å². The van der Waals surface area contributed by atoms with Gasteiger partial charge in [-0.25, -0.2) is 4.68 Å². The Kier molecular flexibility index (Phi) is 6.74. The highest BCUT2D eigenvalue weighted by Gasteiger charge is 2.32. The van der Waals surface area contributed by atoms with Crippen LogP contribution in [0.3, 0.4) is 0 Å². The SMILES string of the molecule is CCc1ccc2[nH]c(=O)c([C@@H](c3nnnn3CCOC)N3CCN(CC)CC3)cc2c1. The standard InChI is InChI=1S/C22H31N7O2/c1-4-16-6-7-19-17(14-16)15-18(22(30)23-19)20(28-10-8-27(5-2)9-11-28)21-24-25-26-29(21)12-13-31-3/h6-7,14-15,20H,4-5,8-13H2,1-3H3,(H,23,30)/t20-/m0/s1. The smallest absolute Gasteiger partial charge is 0.253 e. The van der Waals surface area contributed by atoms with Gasteiger partial charge in [-0.3, -0.25) is 9.69 Å². The van der Waals surface area contributed by atoms with Gasteiger partial charge in [0, 0.05) is 44.4 Å². The summed E-state index contributed by atoms with van der Waals surface area (Å²) in [6, 6.07) is 7.89. The van der Waals surface area contributed by atoms with Crippen LogP contribution in [-0.2, 0) is 17.7 Å². The van der Waals surface area contributed by atoms with E-state index in [1.54, 1.807) is 11.8 Å². The largest absolute Gasteiger partial charge is 0.383 e. The first-order valence-electron chi connectivity index (χ1n) is 11.0. The number of fused-ring (bicyclic) bond motifs is 1.